The molecule has 3 aliphatic carbocycles. The second-order valence-corrected chi connectivity index (χ2v) is 10.7. The summed E-state index contributed by atoms with van der Waals surface area (Å²) in [6.45, 7) is 0. The van der Waals surface area contributed by atoms with Gasteiger partial charge in [0.05, 0.1) is 6.04 Å². The fraction of sp³-hybridized carbons (Fsp3) is 0.704. The van der Waals surface area contributed by atoms with Crippen molar-refractivity contribution in [3.63, 3.8) is 0 Å². The summed E-state index contributed by atoms with van der Waals surface area (Å²) in [5, 5.41) is 0. The predicted octanol–water partition coefficient (Wildman–Crippen LogP) is 5.90. The number of nitrogens with zero attached hydrogens (tertiary/aromatic N) is 2. The highest BCUT2D eigenvalue weighted by atomic mass is 16.2. The first-order chi connectivity index (χ1) is 15.2. The molecule has 2 N–H and O–H groups in total. The molecule has 4 heteroatoms. The lowest BCUT2D eigenvalue weighted by molar-refractivity contribution is -0.134. The first-order valence-corrected chi connectivity index (χ1v) is 12.9. The van der Waals surface area contributed by atoms with Crippen molar-refractivity contribution in [3.05, 3.63) is 35.4 Å². The Bertz CT molecular complexity index is 822. The third-order valence-corrected chi connectivity index (χ3v) is 8.65. The van der Waals surface area contributed by atoms with Gasteiger partial charge in [0, 0.05) is 0 Å². The molecule has 2 fully saturated rings. The van der Waals surface area contributed by atoms with Crippen LogP contribution in [0.4, 0.5) is 0 Å². The molecule has 1 aromatic carbocycles. The molecule has 0 radical (unpaired) electrons. The fourth-order valence-corrected chi connectivity index (χ4v) is 6.94. The van der Waals surface area contributed by atoms with E-state index in [0.717, 1.165) is 38.0 Å². The fourth-order valence-electron chi connectivity index (χ4n) is 6.94. The third kappa shape index (κ3) is 4.15. The van der Waals surface area contributed by atoms with Crippen LogP contribution in [0.1, 0.15) is 107 Å². The van der Waals surface area contributed by atoms with Gasteiger partial charge >= 0.3 is 0 Å². The highest BCUT2D eigenvalue weighted by Crippen LogP contribution is 2.45. The Kier molecular flexibility index (Phi) is 6.08. The van der Waals surface area contributed by atoms with E-state index < -0.39 is 5.54 Å². The molecule has 1 heterocycles. The SMILES string of the molecule is NC1=NC(CCC2CCCCC2)(CC2CCCCC2)C(=O)N1C1CCc2ccccc21. The molecule has 0 aromatic heterocycles. The van der Waals surface area contributed by atoms with Gasteiger partial charge in [-0.25, -0.2) is 4.99 Å². The molecule has 0 saturated heterocycles. The molecule has 1 aromatic rings. The number of aliphatic imine (C=N–C) groups is 1. The van der Waals surface area contributed by atoms with Gasteiger partial charge in [0.25, 0.3) is 5.91 Å². The van der Waals surface area contributed by atoms with Crippen LogP contribution in [-0.2, 0) is 11.2 Å². The quantitative estimate of drug-likeness (QED) is 0.621. The van der Waals surface area contributed by atoms with E-state index in [1.807, 2.05) is 4.90 Å². The number of aryl methyl sites for hydroxylation is 1. The molecule has 4 aliphatic rings. The summed E-state index contributed by atoms with van der Waals surface area (Å²) in [5.41, 5.74) is 8.57. The molecular weight excluding hydrogens is 382 g/mol. The van der Waals surface area contributed by atoms with Gasteiger partial charge in [0.2, 0.25) is 0 Å². The lowest BCUT2D eigenvalue weighted by Crippen LogP contribution is -2.46. The summed E-state index contributed by atoms with van der Waals surface area (Å²) in [6.07, 6.45) is 18.1. The van der Waals surface area contributed by atoms with Gasteiger partial charge < -0.3 is 5.73 Å². The number of amides is 1. The average Bonchev–Trinajstić information content (AvgIpc) is 3.32. The number of carbonyl (C=O) groups excluding carboxylic acids is 1. The van der Waals surface area contributed by atoms with Crippen LogP contribution in [0.25, 0.3) is 0 Å². The largest absolute Gasteiger partial charge is 0.369 e. The van der Waals surface area contributed by atoms with Crippen LogP contribution in [0.15, 0.2) is 29.3 Å². The molecule has 1 amide bonds. The van der Waals surface area contributed by atoms with Crippen molar-refractivity contribution in [1.29, 1.82) is 0 Å². The number of benzene rings is 1. The summed E-state index contributed by atoms with van der Waals surface area (Å²) < 4.78 is 0. The van der Waals surface area contributed by atoms with Crippen LogP contribution in [0.3, 0.4) is 0 Å². The summed E-state index contributed by atoms with van der Waals surface area (Å²) in [7, 11) is 0. The van der Waals surface area contributed by atoms with Crippen molar-refractivity contribution < 1.29 is 4.79 Å². The van der Waals surface area contributed by atoms with E-state index in [0.29, 0.717) is 11.9 Å². The molecule has 5 rings (SSSR count). The van der Waals surface area contributed by atoms with Crippen molar-refractivity contribution >= 4 is 11.9 Å². The Balaban J connectivity index is 1.39. The molecule has 168 valence electrons. The maximum absolute atomic E-state index is 14.1. The first kappa shape index (κ1) is 21.0. The van der Waals surface area contributed by atoms with E-state index in [4.69, 9.17) is 10.7 Å². The summed E-state index contributed by atoms with van der Waals surface area (Å²) in [5.74, 6) is 2.07. The van der Waals surface area contributed by atoms with Crippen LogP contribution in [0.5, 0.6) is 0 Å². The van der Waals surface area contributed by atoms with E-state index >= 15 is 0 Å². The van der Waals surface area contributed by atoms with Gasteiger partial charge in [0.1, 0.15) is 5.54 Å². The number of nitrogens with two attached hydrogens (primary N) is 1. The Morgan fingerprint density at radius 3 is 2.35 bits per heavy atom. The highest BCUT2D eigenvalue weighted by Gasteiger charge is 2.51. The van der Waals surface area contributed by atoms with Gasteiger partial charge in [-0.05, 0) is 55.1 Å². The van der Waals surface area contributed by atoms with Crippen molar-refractivity contribution in [3.8, 4) is 0 Å². The van der Waals surface area contributed by atoms with Gasteiger partial charge in [-0.3, -0.25) is 9.69 Å². The van der Waals surface area contributed by atoms with Gasteiger partial charge in [0.15, 0.2) is 5.96 Å². The maximum Gasteiger partial charge on any atom is 0.257 e. The van der Waals surface area contributed by atoms with Gasteiger partial charge in [-0.15, -0.1) is 0 Å². The van der Waals surface area contributed by atoms with Crippen LogP contribution < -0.4 is 5.73 Å². The van der Waals surface area contributed by atoms with Crippen molar-refractivity contribution in [2.24, 2.45) is 22.6 Å². The van der Waals surface area contributed by atoms with Gasteiger partial charge in [-0.2, -0.15) is 0 Å². The number of hydrogen-bond acceptors (Lipinski definition) is 3. The van der Waals surface area contributed by atoms with Crippen LogP contribution >= 0.6 is 0 Å². The Labute approximate surface area is 187 Å². The third-order valence-electron chi connectivity index (χ3n) is 8.65. The van der Waals surface area contributed by atoms with Crippen LogP contribution in [-0.4, -0.2) is 22.3 Å². The summed E-state index contributed by atoms with van der Waals surface area (Å²) in [4.78, 5) is 21.1. The van der Waals surface area contributed by atoms with E-state index in [1.54, 1.807) is 0 Å². The van der Waals surface area contributed by atoms with Crippen molar-refractivity contribution in [2.75, 3.05) is 0 Å². The Morgan fingerprint density at radius 1 is 0.935 bits per heavy atom. The van der Waals surface area contributed by atoms with E-state index in [-0.39, 0.29) is 11.9 Å². The van der Waals surface area contributed by atoms with E-state index in [9.17, 15) is 4.79 Å². The first-order valence-electron chi connectivity index (χ1n) is 12.9. The normalized spacial score (nSPS) is 29.9. The molecule has 2 unspecified atom stereocenters. The number of guanidine groups is 1. The Morgan fingerprint density at radius 2 is 1.61 bits per heavy atom. The molecule has 0 spiro atoms. The molecule has 2 saturated carbocycles. The smallest absolute Gasteiger partial charge is 0.257 e. The predicted molar refractivity (Wildman–Crippen MR) is 126 cm³/mol. The lowest BCUT2D eigenvalue weighted by Gasteiger charge is -2.34. The van der Waals surface area contributed by atoms with Crippen LogP contribution in [0.2, 0.25) is 0 Å². The minimum Gasteiger partial charge on any atom is -0.369 e. The number of carbonyl (C=O) groups is 1. The standard InChI is InChI=1S/C27H39N3O/c28-26-29-27(19-21-11-5-2-6-12-21,18-17-20-9-3-1-4-10-20)25(31)30(26)24-16-15-22-13-7-8-14-23(22)24/h7-8,13-14,20-21,24H,1-6,9-12,15-19H2,(H2,28,29). The maximum atomic E-state index is 14.1. The molecular formula is C27H39N3O. The zero-order chi connectivity index (χ0) is 21.3. The molecule has 0 bridgehead atoms. The van der Waals surface area contributed by atoms with Crippen molar-refractivity contribution in [1.82, 2.24) is 4.90 Å². The van der Waals surface area contributed by atoms with Crippen molar-refractivity contribution in [2.45, 2.75) is 108 Å². The summed E-state index contributed by atoms with van der Waals surface area (Å²) in [6, 6.07) is 8.62. The number of rotatable bonds is 6. The number of hydrogen-bond donors (Lipinski definition) is 1. The topological polar surface area (TPSA) is 58.7 Å². The minimum atomic E-state index is -0.610. The average molecular weight is 422 g/mol. The van der Waals surface area contributed by atoms with E-state index in [2.05, 4.69) is 24.3 Å². The van der Waals surface area contributed by atoms with E-state index in [1.165, 1.54) is 75.3 Å². The highest BCUT2D eigenvalue weighted by molar-refractivity contribution is 6.07. The molecule has 31 heavy (non-hydrogen) atoms. The zero-order valence-corrected chi connectivity index (χ0v) is 19.0. The second-order valence-electron chi connectivity index (χ2n) is 10.7. The minimum absolute atomic E-state index is 0.0651. The zero-order valence-electron chi connectivity index (χ0n) is 19.0. The molecule has 1 aliphatic heterocycles. The second kappa shape index (κ2) is 8.96. The number of fused-ring (bicyclic) bond motifs is 1. The molecule has 4 nitrogen and oxygen atoms in total. The Hall–Kier alpha value is -1.84. The lowest BCUT2D eigenvalue weighted by atomic mass is 9.75. The van der Waals surface area contributed by atoms with Crippen LogP contribution in [0, 0.1) is 11.8 Å². The monoisotopic (exact) mass is 421 g/mol. The van der Waals surface area contributed by atoms with Gasteiger partial charge in [-0.1, -0.05) is 88.5 Å². The summed E-state index contributed by atoms with van der Waals surface area (Å²) >= 11 is 0. The molecule has 2 atom stereocenters.